The second kappa shape index (κ2) is 15.5. The summed E-state index contributed by atoms with van der Waals surface area (Å²) in [5.41, 5.74) is 6.59. The number of amides is 2. The van der Waals surface area contributed by atoms with Crippen molar-refractivity contribution in [3.8, 4) is 0 Å². The van der Waals surface area contributed by atoms with E-state index >= 15 is 0 Å². The third-order valence-corrected chi connectivity index (χ3v) is 5.21. The number of ether oxygens (including phenoxy) is 2. The van der Waals surface area contributed by atoms with Crippen LogP contribution in [0.15, 0.2) is 0 Å². The number of nitrogens with zero attached hydrogens (tertiary/aromatic N) is 4. The van der Waals surface area contributed by atoms with Crippen LogP contribution in [-0.4, -0.2) is 70.6 Å². The number of nitrogens with two attached hydrogens (primary N) is 1. The van der Waals surface area contributed by atoms with Crippen LogP contribution >= 0.6 is 11.6 Å². The fraction of sp³-hybridized carbons (Fsp3) is 0.696. The average molecular weight is 514 g/mol. The molecule has 0 saturated heterocycles. The van der Waals surface area contributed by atoms with Gasteiger partial charge in [0.25, 0.3) is 5.91 Å². The standard InChI is InChI=1S/C15H21ClN6O2.C5H12O.C3H7NO/c1-2-24-8-7-22-12-10(11(21-22)13(17)23)19-15(16)20-14(12)18-9-5-3-4-6-9;1-5(2,3)6-4;1-2-4-3-5/h9H,2-8H2,1H3,(H2,17,23)(H,18,19,20);1-4H3;3H,2H2,1H3,(H,4,5). The molecule has 0 radical (unpaired) electrons. The van der Waals surface area contributed by atoms with E-state index in [1.807, 2.05) is 34.6 Å². The van der Waals surface area contributed by atoms with Crippen molar-refractivity contribution in [2.75, 3.05) is 32.2 Å². The third kappa shape index (κ3) is 10.7. The molecular formula is C23H40ClN7O4. The van der Waals surface area contributed by atoms with Gasteiger partial charge >= 0.3 is 0 Å². The first-order chi connectivity index (χ1) is 16.6. The van der Waals surface area contributed by atoms with E-state index in [4.69, 9.17) is 26.8 Å². The Kier molecular flexibility index (Phi) is 13.5. The van der Waals surface area contributed by atoms with Crippen molar-refractivity contribution in [3.05, 3.63) is 11.0 Å². The Morgan fingerprint density at radius 3 is 2.34 bits per heavy atom. The van der Waals surface area contributed by atoms with Gasteiger partial charge in [-0.3, -0.25) is 14.3 Å². The van der Waals surface area contributed by atoms with Crippen molar-refractivity contribution in [2.24, 2.45) is 5.73 Å². The highest BCUT2D eigenvalue weighted by Crippen LogP contribution is 2.28. The van der Waals surface area contributed by atoms with E-state index < -0.39 is 5.91 Å². The molecule has 1 saturated carbocycles. The zero-order valence-corrected chi connectivity index (χ0v) is 22.4. The highest BCUT2D eigenvalue weighted by Gasteiger charge is 2.23. The lowest BCUT2D eigenvalue weighted by atomic mass is 10.2. The van der Waals surface area contributed by atoms with Gasteiger partial charge in [-0.05, 0) is 59.1 Å². The molecule has 0 unspecified atom stereocenters. The maximum atomic E-state index is 11.7. The molecule has 2 aromatic heterocycles. The predicted molar refractivity (Wildman–Crippen MR) is 138 cm³/mol. The van der Waals surface area contributed by atoms with Crippen molar-refractivity contribution in [3.63, 3.8) is 0 Å². The number of fused-ring (bicyclic) bond motifs is 1. The van der Waals surface area contributed by atoms with E-state index in [1.54, 1.807) is 11.8 Å². The summed E-state index contributed by atoms with van der Waals surface area (Å²) in [5.74, 6) is -0.0508. The SMILES string of the molecule is CCNC=O.CCOCCn1nc(C(N)=O)c2nc(Cl)nc(NC3CCCC3)c21.COC(C)(C)C. The number of hydrogen-bond donors (Lipinski definition) is 3. The van der Waals surface area contributed by atoms with Gasteiger partial charge in [-0.2, -0.15) is 10.1 Å². The lowest BCUT2D eigenvalue weighted by molar-refractivity contribution is -0.109. The smallest absolute Gasteiger partial charge is 0.271 e. The summed E-state index contributed by atoms with van der Waals surface area (Å²) in [4.78, 5) is 29.5. The Morgan fingerprint density at radius 1 is 1.26 bits per heavy atom. The number of nitrogens with one attached hydrogen (secondary N) is 2. The molecule has 2 aromatic rings. The van der Waals surface area contributed by atoms with Gasteiger partial charge in [0.1, 0.15) is 11.0 Å². The molecule has 1 fully saturated rings. The summed E-state index contributed by atoms with van der Waals surface area (Å²) in [7, 11) is 1.71. The molecule has 0 aromatic carbocycles. The van der Waals surface area contributed by atoms with Crippen LogP contribution in [0.1, 0.15) is 70.8 Å². The quantitative estimate of drug-likeness (QED) is 0.263. The molecule has 0 bridgehead atoms. The summed E-state index contributed by atoms with van der Waals surface area (Å²) in [5, 5.41) is 10.2. The van der Waals surface area contributed by atoms with Gasteiger partial charge in [0, 0.05) is 26.3 Å². The molecule has 12 heteroatoms. The minimum atomic E-state index is -0.642. The van der Waals surface area contributed by atoms with E-state index in [1.165, 1.54) is 12.8 Å². The summed E-state index contributed by atoms with van der Waals surface area (Å²) >= 11 is 6.05. The topological polar surface area (TPSA) is 146 Å². The first-order valence-corrected chi connectivity index (χ1v) is 12.3. The van der Waals surface area contributed by atoms with Gasteiger partial charge in [-0.25, -0.2) is 4.98 Å². The highest BCUT2D eigenvalue weighted by atomic mass is 35.5. The summed E-state index contributed by atoms with van der Waals surface area (Å²) in [6.07, 6.45) is 5.23. The van der Waals surface area contributed by atoms with E-state index in [0.717, 1.165) is 19.4 Å². The molecule has 0 aliphatic heterocycles. The van der Waals surface area contributed by atoms with Crippen LogP contribution in [0, 0.1) is 0 Å². The first kappa shape index (κ1) is 30.5. The Labute approximate surface area is 212 Å². The molecule has 2 amide bonds. The molecule has 4 N–H and O–H groups in total. The highest BCUT2D eigenvalue weighted by molar-refractivity contribution is 6.29. The number of methoxy groups -OCH3 is 1. The molecule has 11 nitrogen and oxygen atoms in total. The fourth-order valence-corrected chi connectivity index (χ4v) is 3.29. The maximum Gasteiger partial charge on any atom is 0.271 e. The van der Waals surface area contributed by atoms with E-state index in [0.29, 0.717) is 49.1 Å². The minimum absolute atomic E-state index is 0.0417. The van der Waals surface area contributed by atoms with Gasteiger partial charge in [0.05, 0.1) is 18.8 Å². The van der Waals surface area contributed by atoms with Gasteiger partial charge in [0.15, 0.2) is 11.5 Å². The molecule has 0 atom stereocenters. The lowest BCUT2D eigenvalue weighted by Crippen LogP contribution is -2.17. The van der Waals surface area contributed by atoms with Crippen molar-refractivity contribution in [1.29, 1.82) is 0 Å². The largest absolute Gasteiger partial charge is 0.380 e. The summed E-state index contributed by atoms with van der Waals surface area (Å²) in [6, 6.07) is 0.339. The normalized spacial score (nSPS) is 13.5. The van der Waals surface area contributed by atoms with Crippen molar-refractivity contribution in [1.82, 2.24) is 25.1 Å². The van der Waals surface area contributed by atoms with E-state index in [9.17, 15) is 9.59 Å². The molecule has 0 spiro atoms. The third-order valence-electron chi connectivity index (χ3n) is 5.04. The number of rotatable bonds is 9. The van der Waals surface area contributed by atoms with Crippen LogP contribution < -0.4 is 16.4 Å². The summed E-state index contributed by atoms with van der Waals surface area (Å²) in [6.45, 7) is 12.1. The molecule has 1 aliphatic carbocycles. The molecule has 1 aliphatic rings. The maximum absolute atomic E-state index is 11.7. The number of carbonyl (C=O) groups excluding carboxylic acids is 2. The zero-order valence-electron chi connectivity index (χ0n) is 21.7. The monoisotopic (exact) mass is 513 g/mol. The fourth-order valence-electron chi connectivity index (χ4n) is 3.13. The van der Waals surface area contributed by atoms with Crippen LogP contribution in [0.5, 0.6) is 0 Å². The van der Waals surface area contributed by atoms with Gasteiger partial charge in [-0.1, -0.05) is 12.8 Å². The van der Waals surface area contributed by atoms with Gasteiger partial charge in [-0.15, -0.1) is 0 Å². The Hall–Kier alpha value is -2.50. The predicted octanol–water partition coefficient (Wildman–Crippen LogP) is 3.15. The molecule has 2 heterocycles. The average Bonchev–Trinajstić information content (AvgIpc) is 3.43. The van der Waals surface area contributed by atoms with Crippen LogP contribution in [0.3, 0.4) is 0 Å². The number of primary amides is 1. The van der Waals surface area contributed by atoms with Crippen LogP contribution in [0.4, 0.5) is 5.82 Å². The van der Waals surface area contributed by atoms with Gasteiger partial charge in [0.2, 0.25) is 11.7 Å². The van der Waals surface area contributed by atoms with Crippen LogP contribution in [0.25, 0.3) is 11.0 Å². The Bertz CT molecular complexity index is 925. The first-order valence-electron chi connectivity index (χ1n) is 11.9. The van der Waals surface area contributed by atoms with E-state index in [-0.39, 0.29) is 16.6 Å². The zero-order chi connectivity index (χ0) is 26.4. The van der Waals surface area contributed by atoms with E-state index in [2.05, 4.69) is 25.7 Å². The number of carbonyl (C=O) groups is 2. The summed E-state index contributed by atoms with van der Waals surface area (Å²) < 4.78 is 12.0. The molecule has 198 valence electrons. The molecule has 3 rings (SSSR count). The van der Waals surface area contributed by atoms with Crippen LogP contribution in [-0.2, 0) is 20.8 Å². The number of halogens is 1. The Balaban J connectivity index is 0.000000467. The number of aromatic nitrogens is 4. The van der Waals surface area contributed by atoms with Crippen molar-refractivity contribution in [2.45, 2.75) is 78.5 Å². The molecular weight excluding hydrogens is 474 g/mol. The van der Waals surface area contributed by atoms with Crippen molar-refractivity contribution < 1.29 is 19.1 Å². The second-order valence-electron chi connectivity index (χ2n) is 8.79. The number of hydrogen-bond acceptors (Lipinski definition) is 8. The molecule has 35 heavy (non-hydrogen) atoms. The minimum Gasteiger partial charge on any atom is -0.380 e. The van der Waals surface area contributed by atoms with Gasteiger partial charge < -0.3 is 25.8 Å². The van der Waals surface area contributed by atoms with Crippen LogP contribution in [0.2, 0.25) is 5.28 Å². The Morgan fingerprint density at radius 2 is 1.89 bits per heavy atom. The lowest BCUT2D eigenvalue weighted by Gasteiger charge is -2.14. The van der Waals surface area contributed by atoms with Crippen molar-refractivity contribution >= 4 is 40.8 Å². The number of anilines is 1. The second-order valence-corrected chi connectivity index (χ2v) is 9.13.